The molecule has 8 heteroatoms. The van der Waals surface area contributed by atoms with Gasteiger partial charge in [-0.2, -0.15) is 0 Å². The first-order valence-electron chi connectivity index (χ1n) is 5.19. The summed E-state index contributed by atoms with van der Waals surface area (Å²) in [5, 5.41) is 8.88. The van der Waals surface area contributed by atoms with Gasteiger partial charge in [-0.05, 0) is 18.6 Å². The minimum absolute atomic E-state index is 0.210. The molecule has 1 atom stereocenters. The number of rotatable bonds is 5. The highest BCUT2D eigenvalue weighted by Gasteiger charge is 2.26. The number of nitrogen functional groups attached to an aromatic ring is 1. The van der Waals surface area contributed by atoms with E-state index in [1.54, 1.807) is 6.92 Å². The standard InChI is InChI=1S/C10H14F2N2O3S/c1-2-7(5-15)14-18(16,17)10-8(11)3-6(13)4-9(10)12/h3-4,7,14-15H,2,5,13H2,1H3. The van der Waals surface area contributed by atoms with Crippen molar-refractivity contribution in [2.45, 2.75) is 24.3 Å². The highest BCUT2D eigenvalue weighted by atomic mass is 32.2. The van der Waals surface area contributed by atoms with Crippen LogP contribution in [0.4, 0.5) is 14.5 Å². The third kappa shape index (κ3) is 3.15. The molecule has 0 spiro atoms. The third-order valence-corrected chi connectivity index (χ3v) is 3.90. The molecule has 1 rings (SSSR count). The Kier molecular flexibility index (Phi) is 4.60. The first-order chi connectivity index (χ1) is 8.31. The molecule has 102 valence electrons. The lowest BCUT2D eigenvalue weighted by Gasteiger charge is -2.15. The molecule has 1 unspecified atom stereocenters. The molecule has 5 nitrogen and oxygen atoms in total. The molecule has 4 N–H and O–H groups in total. The van der Waals surface area contributed by atoms with Gasteiger partial charge >= 0.3 is 0 Å². The molecule has 0 aliphatic carbocycles. The van der Waals surface area contributed by atoms with Crippen LogP contribution in [0.2, 0.25) is 0 Å². The first kappa shape index (κ1) is 14.8. The zero-order chi connectivity index (χ0) is 13.9. The summed E-state index contributed by atoms with van der Waals surface area (Å²) in [6.45, 7) is 1.16. The smallest absolute Gasteiger partial charge is 0.246 e. The summed E-state index contributed by atoms with van der Waals surface area (Å²) in [5.74, 6) is -2.54. The number of aliphatic hydroxyl groups is 1. The number of benzene rings is 1. The molecule has 0 aromatic heterocycles. The van der Waals surface area contributed by atoms with E-state index in [4.69, 9.17) is 10.8 Å². The highest BCUT2D eigenvalue weighted by molar-refractivity contribution is 7.89. The van der Waals surface area contributed by atoms with E-state index >= 15 is 0 Å². The zero-order valence-electron chi connectivity index (χ0n) is 9.65. The van der Waals surface area contributed by atoms with Gasteiger partial charge < -0.3 is 10.8 Å². The Morgan fingerprint density at radius 3 is 2.28 bits per heavy atom. The lowest BCUT2D eigenvalue weighted by molar-refractivity contribution is 0.253. The van der Waals surface area contributed by atoms with Gasteiger partial charge in [0.05, 0.1) is 6.61 Å². The third-order valence-electron chi connectivity index (χ3n) is 2.32. The van der Waals surface area contributed by atoms with Crippen molar-refractivity contribution in [1.29, 1.82) is 0 Å². The van der Waals surface area contributed by atoms with E-state index in [1.807, 2.05) is 4.72 Å². The van der Waals surface area contributed by atoms with E-state index in [0.717, 1.165) is 12.1 Å². The predicted octanol–water partition coefficient (Wildman–Crippen LogP) is 0.596. The van der Waals surface area contributed by atoms with Crippen LogP contribution in [0.15, 0.2) is 17.0 Å². The number of sulfonamides is 1. The Labute approximate surface area is 104 Å². The van der Waals surface area contributed by atoms with E-state index in [1.165, 1.54) is 0 Å². The van der Waals surface area contributed by atoms with Gasteiger partial charge in [-0.25, -0.2) is 21.9 Å². The van der Waals surface area contributed by atoms with Gasteiger partial charge in [0.1, 0.15) is 11.6 Å². The van der Waals surface area contributed by atoms with Crippen LogP contribution in [0.25, 0.3) is 0 Å². The van der Waals surface area contributed by atoms with Crippen LogP contribution >= 0.6 is 0 Å². The van der Waals surface area contributed by atoms with Crippen LogP contribution in [-0.2, 0) is 10.0 Å². The van der Waals surface area contributed by atoms with Gasteiger partial charge in [-0.3, -0.25) is 0 Å². The molecule has 18 heavy (non-hydrogen) atoms. The molecule has 0 saturated heterocycles. The molecule has 0 heterocycles. The monoisotopic (exact) mass is 280 g/mol. The maximum atomic E-state index is 13.5. The normalized spacial score (nSPS) is 13.6. The fourth-order valence-electron chi connectivity index (χ4n) is 1.36. The summed E-state index contributed by atoms with van der Waals surface area (Å²) in [5.41, 5.74) is 4.98. The Morgan fingerprint density at radius 2 is 1.89 bits per heavy atom. The summed E-state index contributed by atoms with van der Waals surface area (Å²) in [6.07, 6.45) is 0.286. The van der Waals surface area contributed by atoms with Gasteiger partial charge in [0.2, 0.25) is 10.0 Å². The molecule has 0 aliphatic heterocycles. The van der Waals surface area contributed by atoms with Crippen molar-refractivity contribution < 1.29 is 22.3 Å². The highest BCUT2D eigenvalue weighted by Crippen LogP contribution is 2.21. The van der Waals surface area contributed by atoms with Crippen LogP contribution in [-0.4, -0.2) is 26.2 Å². The number of nitrogens with one attached hydrogen (secondary N) is 1. The van der Waals surface area contributed by atoms with Crippen molar-refractivity contribution in [3.05, 3.63) is 23.8 Å². The fourth-order valence-corrected chi connectivity index (χ4v) is 2.79. The summed E-state index contributed by atoms with van der Waals surface area (Å²) in [6, 6.07) is 0.640. The molecule has 0 aliphatic rings. The van der Waals surface area contributed by atoms with E-state index in [9.17, 15) is 17.2 Å². The van der Waals surface area contributed by atoms with E-state index in [0.29, 0.717) is 0 Å². The maximum absolute atomic E-state index is 13.5. The minimum atomic E-state index is -4.38. The second-order valence-corrected chi connectivity index (χ2v) is 5.37. The summed E-state index contributed by atoms with van der Waals surface area (Å²) >= 11 is 0. The van der Waals surface area contributed by atoms with E-state index < -0.39 is 39.2 Å². The van der Waals surface area contributed by atoms with Gasteiger partial charge in [0.25, 0.3) is 0 Å². The largest absolute Gasteiger partial charge is 0.399 e. The van der Waals surface area contributed by atoms with Gasteiger partial charge in [-0.15, -0.1) is 0 Å². The zero-order valence-corrected chi connectivity index (χ0v) is 10.5. The number of halogens is 2. The molecule has 0 radical (unpaired) electrons. The molecule has 0 amide bonds. The average Bonchev–Trinajstić information content (AvgIpc) is 2.23. The first-order valence-corrected chi connectivity index (χ1v) is 6.67. The van der Waals surface area contributed by atoms with Crippen molar-refractivity contribution in [2.24, 2.45) is 0 Å². The SMILES string of the molecule is CCC(CO)NS(=O)(=O)c1c(F)cc(N)cc1F. The van der Waals surface area contributed by atoms with Gasteiger partial charge in [0, 0.05) is 11.7 Å². The molecule has 0 saturated carbocycles. The molecular weight excluding hydrogens is 266 g/mol. The Bertz CT molecular complexity index is 507. The second kappa shape index (κ2) is 5.59. The van der Waals surface area contributed by atoms with Gasteiger partial charge in [-0.1, -0.05) is 6.92 Å². The summed E-state index contributed by atoms with van der Waals surface area (Å²) in [4.78, 5) is -1.09. The molecule has 0 bridgehead atoms. The predicted molar refractivity (Wildman–Crippen MR) is 62.3 cm³/mol. The number of nitrogens with two attached hydrogens (primary N) is 1. The Morgan fingerprint density at radius 1 is 1.39 bits per heavy atom. The minimum Gasteiger partial charge on any atom is -0.399 e. The molecule has 1 aromatic rings. The molecule has 0 fully saturated rings. The maximum Gasteiger partial charge on any atom is 0.246 e. The van der Waals surface area contributed by atoms with Crippen molar-refractivity contribution in [3.8, 4) is 0 Å². The van der Waals surface area contributed by atoms with E-state index in [-0.39, 0.29) is 12.1 Å². The van der Waals surface area contributed by atoms with Crippen molar-refractivity contribution in [3.63, 3.8) is 0 Å². The Balaban J connectivity index is 3.21. The van der Waals surface area contributed by atoms with Crippen molar-refractivity contribution in [1.82, 2.24) is 4.72 Å². The quantitative estimate of drug-likeness (QED) is 0.688. The number of hydrogen-bond acceptors (Lipinski definition) is 4. The topological polar surface area (TPSA) is 92.4 Å². The number of hydrogen-bond donors (Lipinski definition) is 3. The van der Waals surface area contributed by atoms with Crippen LogP contribution < -0.4 is 10.5 Å². The number of aliphatic hydroxyl groups excluding tert-OH is 1. The van der Waals surface area contributed by atoms with E-state index in [2.05, 4.69) is 0 Å². The van der Waals surface area contributed by atoms with Crippen LogP contribution in [0.3, 0.4) is 0 Å². The Hall–Kier alpha value is -1.25. The average molecular weight is 280 g/mol. The van der Waals surface area contributed by atoms with Crippen molar-refractivity contribution in [2.75, 3.05) is 12.3 Å². The molecule has 1 aromatic carbocycles. The van der Waals surface area contributed by atoms with Crippen LogP contribution in [0.5, 0.6) is 0 Å². The van der Waals surface area contributed by atoms with Crippen LogP contribution in [0.1, 0.15) is 13.3 Å². The fraction of sp³-hybridized carbons (Fsp3) is 0.400. The van der Waals surface area contributed by atoms with Crippen molar-refractivity contribution >= 4 is 15.7 Å². The molecular formula is C10H14F2N2O3S. The van der Waals surface area contributed by atoms with Gasteiger partial charge in [0.15, 0.2) is 4.90 Å². The lowest BCUT2D eigenvalue weighted by Crippen LogP contribution is -2.37. The summed E-state index contributed by atoms with van der Waals surface area (Å²) in [7, 11) is -4.38. The summed E-state index contributed by atoms with van der Waals surface area (Å²) < 4.78 is 52.5. The lowest BCUT2D eigenvalue weighted by atomic mass is 10.3. The second-order valence-electron chi connectivity index (χ2n) is 3.72. The van der Waals surface area contributed by atoms with Crippen LogP contribution in [0, 0.1) is 11.6 Å². The number of anilines is 1.